The Morgan fingerprint density at radius 3 is 2.42 bits per heavy atom. The number of piperidine rings is 1. The van der Waals surface area contributed by atoms with Gasteiger partial charge in [0.15, 0.2) is 5.78 Å². The van der Waals surface area contributed by atoms with Gasteiger partial charge >= 0.3 is 0 Å². The number of anilines is 1. The van der Waals surface area contributed by atoms with Crippen LogP contribution < -0.4 is 4.90 Å². The van der Waals surface area contributed by atoms with Crippen LogP contribution in [0.1, 0.15) is 35.8 Å². The lowest BCUT2D eigenvalue weighted by Gasteiger charge is -2.39. The van der Waals surface area contributed by atoms with Gasteiger partial charge in [-0.1, -0.05) is 6.07 Å². The molecule has 1 aromatic carbocycles. The molecule has 1 atom stereocenters. The number of Topliss-reactive ketones (excluding diaryl/α,β-unsaturated/α-hetero) is 1. The van der Waals surface area contributed by atoms with Crippen molar-refractivity contribution < 1.29 is 14.4 Å². The van der Waals surface area contributed by atoms with Crippen LogP contribution in [-0.2, 0) is 16.1 Å². The smallest absolute Gasteiger partial charge is 0.227 e. The quantitative estimate of drug-likeness (QED) is 0.695. The van der Waals surface area contributed by atoms with Crippen molar-refractivity contribution >= 4 is 23.3 Å². The first-order valence-electron chi connectivity index (χ1n) is 10.8. The van der Waals surface area contributed by atoms with Gasteiger partial charge in [0.1, 0.15) is 0 Å². The molecule has 0 saturated carbocycles. The van der Waals surface area contributed by atoms with E-state index in [-0.39, 0.29) is 23.5 Å². The summed E-state index contributed by atoms with van der Waals surface area (Å²) in [7, 11) is 0. The van der Waals surface area contributed by atoms with Gasteiger partial charge in [-0.3, -0.25) is 19.4 Å². The maximum Gasteiger partial charge on any atom is 0.227 e. The zero-order valence-corrected chi connectivity index (χ0v) is 17.9. The van der Waals surface area contributed by atoms with Crippen LogP contribution in [0, 0.1) is 5.92 Å². The van der Waals surface area contributed by atoms with Crippen LogP contribution in [0.5, 0.6) is 0 Å². The number of rotatable bonds is 5. The first kappa shape index (κ1) is 21.0. The average Bonchev–Trinajstić information content (AvgIpc) is 2.81. The monoisotopic (exact) mass is 420 g/mol. The highest BCUT2D eigenvalue weighted by atomic mass is 16.2. The number of carbonyl (C=O) groups excluding carboxylic acids is 3. The van der Waals surface area contributed by atoms with Crippen molar-refractivity contribution in [3.8, 4) is 0 Å². The van der Waals surface area contributed by atoms with Gasteiger partial charge < -0.3 is 14.7 Å². The van der Waals surface area contributed by atoms with Crippen LogP contribution in [0.25, 0.3) is 0 Å². The third-order valence-electron chi connectivity index (χ3n) is 6.16. The Morgan fingerprint density at radius 1 is 1.03 bits per heavy atom. The fourth-order valence-electron chi connectivity index (χ4n) is 4.31. The molecule has 0 radical (unpaired) electrons. The summed E-state index contributed by atoms with van der Waals surface area (Å²) in [6.45, 7) is 5.32. The number of hydrogen-bond acceptors (Lipinski definition) is 5. The summed E-state index contributed by atoms with van der Waals surface area (Å²) in [5, 5.41) is 0. The molecule has 2 aliphatic heterocycles. The van der Waals surface area contributed by atoms with Crippen molar-refractivity contribution in [1.29, 1.82) is 0 Å². The van der Waals surface area contributed by atoms with Crippen molar-refractivity contribution in [2.24, 2.45) is 5.92 Å². The Bertz CT molecular complexity index is 937. The highest BCUT2D eigenvalue weighted by Gasteiger charge is 2.34. The number of piperazine rings is 1. The molecule has 0 bridgehead atoms. The van der Waals surface area contributed by atoms with Crippen LogP contribution in [0.4, 0.5) is 5.69 Å². The molecule has 4 rings (SSSR count). The molecule has 1 aromatic heterocycles. The van der Waals surface area contributed by atoms with Gasteiger partial charge in [-0.05, 0) is 49.7 Å². The van der Waals surface area contributed by atoms with Crippen molar-refractivity contribution in [2.75, 3.05) is 37.6 Å². The van der Waals surface area contributed by atoms with Gasteiger partial charge in [0.25, 0.3) is 0 Å². The highest BCUT2D eigenvalue weighted by molar-refractivity contribution is 5.94. The number of likely N-dealkylation sites (tertiary alicyclic amines) is 1. The molecular weight excluding hydrogens is 392 g/mol. The van der Waals surface area contributed by atoms with Gasteiger partial charge in [-0.25, -0.2) is 0 Å². The van der Waals surface area contributed by atoms with Crippen LogP contribution in [0.2, 0.25) is 0 Å². The second kappa shape index (κ2) is 9.29. The van der Waals surface area contributed by atoms with Crippen molar-refractivity contribution in [3.63, 3.8) is 0 Å². The Labute approximate surface area is 182 Å². The van der Waals surface area contributed by atoms with Gasteiger partial charge in [-0.15, -0.1) is 0 Å². The minimum atomic E-state index is -0.150. The summed E-state index contributed by atoms with van der Waals surface area (Å²) in [6.07, 6.45) is 2.74. The van der Waals surface area contributed by atoms with Gasteiger partial charge in [-0.2, -0.15) is 0 Å². The number of aromatic nitrogens is 1. The van der Waals surface area contributed by atoms with Crippen molar-refractivity contribution in [2.45, 2.75) is 26.3 Å². The van der Waals surface area contributed by atoms with Crippen LogP contribution >= 0.6 is 0 Å². The summed E-state index contributed by atoms with van der Waals surface area (Å²) >= 11 is 0. The Morgan fingerprint density at radius 2 is 1.77 bits per heavy atom. The zero-order chi connectivity index (χ0) is 21.8. The molecule has 2 saturated heterocycles. The van der Waals surface area contributed by atoms with Gasteiger partial charge in [0.2, 0.25) is 11.8 Å². The van der Waals surface area contributed by atoms with Crippen LogP contribution in [0.3, 0.4) is 0 Å². The number of nitrogens with zero attached hydrogens (tertiary/aromatic N) is 4. The zero-order valence-electron chi connectivity index (χ0n) is 17.9. The molecule has 7 nitrogen and oxygen atoms in total. The standard InChI is InChI=1S/C24H28N4O3/c1-18(29)19-5-8-22(9-6-19)26-12-14-27(15-13-26)24(31)20-7-10-23(30)28(16-20)17-21-4-2-3-11-25-21/h2-6,8-9,11,20H,7,10,12-17H2,1H3/t20-/m1/s1. The predicted octanol–water partition coefficient (Wildman–Crippen LogP) is 2.37. The van der Waals surface area contributed by atoms with E-state index in [0.29, 0.717) is 44.6 Å². The first-order chi connectivity index (χ1) is 15.0. The molecule has 162 valence electrons. The maximum absolute atomic E-state index is 13.1. The summed E-state index contributed by atoms with van der Waals surface area (Å²) in [5.41, 5.74) is 2.62. The van der Waals surface area contributed by atoms with Gasteiger partial charge in [0.05, 0.1) is 18.2 Å². The third kappa shape index (κ3) is 4.93. The molecule has 0 spiro atoms. The Hall–Kier alpha value is -3.22. The largest absolute Gasteiger partial charge is 0.368 e. The van der Waals surface area contributed by atoms with Crippen molar-refractivity contribution in [1.82, 2.24) is 14.8 Å². The number of carbonyl (C=O) groups is 3. The summed E-state index contributed by atoms with van der Waals surface area (Å²) in [5.74, 6) is 0.145. The lowest BCUT2D eigenvalue weighted by Crippen LogP contribution is -2.53. The molecule has 0 unspecified atom stereocenters. The van der Waals surface area contributed by atoms with Crippen LogP contribution in [-0.4, -0.2) is 65.1 Å². The van der Waals surface area contributed by atoms with E-state index in [2.05, 4.69) is 9.88 Å². The molecule has 7 heteroatoms. The topological polar surface area (TPSA) is 73.8 Å². The van der Waals surface area contributed by atoms with Gasteiger partial charge in [0, 0.05) is 56.6 Å². The summed E-state index contributed by atoms with van der Waals surface area (Å²) in [4.78, 5) is 47.2. The number of hydrogen-bond donors (Lipinski definition) is 0. The van der Waals surface area contributed by atoms with E-state index in [0.717, 1.165) is 24.5 Å². The Balaban J connectivity index is 1.32. The number of pyridine rings is 1. The molecule has 2 aromatic rings. The van der Waals surface area contributed by atoms with E-state index in [9.17, 15) is 14.4 Å². The molecule has 2 amide bonds. The first-order valence-corrected chi connectivity index (χ1v) is 10.8. The van der Waals surface area contributed by atoms with E-state index in [1.807, 2.05) is 47.4 Å². The number of ketones is 1. The fraction of sp³-hybridized carbons (Fsp3) is 0.417. The molecule has 31 heavy (non-hydrogen) atoms. The van der Waals surface area contributed by atoms with E-state index in [1.165, 1.54) is 0 Å². The number of benzene rings is 1. The average molecular weight is 421 g/mol. The molecule has 3 heterocycles. The minimum absolute atomic E-state index is 0.0602. The molecule has 2 fully saturated rings. The molecule has 0 N–H and O–H groups in total. The highest BCUT2D eigenvalue weighted by Crippen LogP contribution is 2.23. The van der Waals surface area contributed by atoms with E-state index < -0.39 is 0 Å². The van der Waals surface area contributed by atoms with E-state index in [4.69, 9.17) is 0 Å². The SMILES string of the molecule is CC(=O)c1ccc(N2CCN(C(=O)[C@@H]3CCC(=O)N(Cc4ccccn4)C3)CC2)cc1. The second-order valence-electron chi connectivity index (χ2n) is 8.25. The maximum atomic E-state index is 13.1. The van der Waals surface area contributed by atoms with Crippen molar-refractivity contribution in [3.05, 3.63) is 59.9 Å². The fourth-order valence-corrected chi connectivity index (χ4v) is 4.31. The van der Waals surface area contributed by atoms with E-state index >= 15 is 0 Å². The molecule has 2 aliphatic rings. The lowest BCUT2D eigenvalue weighted by atomic mass is 9.95. The summed E-state index contributed by atoms with van der Waals surface area (Å²) < 4.78 is 0. The third-order valence-corrected chi connectivity index (χ3v) is 6.16. The summed E-state index contributed by atoms with van der Waals surface area (Å²) in [6, 6.07) is 13.3. The predicted molar refractivity (Wildman–Crippen MR) is 118 cm³/mol. The van der Waals surface area contributed by atoms with Crippen LogP contribution in [0.15, 0.2) is 48.7 Å². The molecular formula is C24H28N4O3. The molecule has 0 aliphatic carbocycles. The lowest BCUT2D eigenvalue weighted by molar-refractivity contribution is -0.143. The second-order valence-corrected chi connectivity index (χ2v) is 8.25. The van der Waals surface area contributed by atoms with E-state index in [1.54, 1.807) is 18.0 Å². The number of amides is 2. The normalized spacial score (nSPS) is 19.5. The Kier molecular flexibility index (Phi) is 6.30. The minimum Gasteiger partial charge on any atom is -0.368 e.